The lowest BCUT2D eigenvalue weighted by atomic mass is 10.1. The first-order valence-electron chi connectivity index (χ1n) is 14.7. The normalized spacial score (nSPS) is 11.4. The number of hydrogen-bond acceptors (Lipinski definition) is 11. The molecule has 0 spiro atoms. The van der Waals surface area contributed by atoms with E-state index in [4.69, 9.17) is 37.9 Å². The number of carbonyl (C=O) groups excluding carboxylic acids is 3. The van der Waals surface area contributed by atoms with Gasteiger partial charge < -0.3 is 37.9 Å². The highest BCUT2D eigenvalue weighted by atomic mass is 16.6. The molecule has 0 amide bonds. The molecule has 11 heteroatoms. The molecule has 3 aromatic rings. The fraction of sp³-hybridized carbons (Fsp3) is 0.382. The molecular formula is C34H40O11. The zero-order valence-electron chi connectivity index (χ0n) is 25.9. The second-order valence-electron chi connectivity index (χ2n) is 9.67. The van der Waals surface area contributed by atoms with E-state index >= 15 is 0 Å². The number of ether oxygens (including phenoxy) is 8. The van der Waals surface area contributed by atoms with E-state index in [2.05, 4.69) is 0 Å². The Kier molecular flexibility index (Phi) is 15.4. The topological polar surface area (TPSA) is 125 Å². The van der Waals surface area contributed by atoms with E-state index in [0.29, 0.717) is 80.4 Å². The van der Waals surface area contributed by atoms with Crippen molar-refractivity contribution < 1.29 is 52.3 Å². The minimum atomic E-state index is -0.539. The third-order valence-electron chi connectivity index (χ3n) is 6.39. The van der Waals surface area contributed by atoms with E-state index in [1.165, 1.54) is 0 Å². The molecule has 0 saturated carbocycles. The van der Waals surface area contributed by atoms with E-state index in [0.717, 1.165) is 6.42 Å². The van der Waals surface area contributed by atoms with Crippen molar-refractivity contribution in [3.63, 3.8) is 0 Å². The van der Waals surface area contributed by atoms with Gasteiger partial charge in [0.25, 0.3) is 0 Å². The molecule has 0 aliphatic heterocycles. The van der Waals surface area contributed by atoms with Crippen LogP contribution in [-0.2, 0) is 23.7 Å². The monoisotopic (exact) mass is 624 g/mol. The average molecular weight is 625 g/mol. The van der Waals surface area contributed by atoms with Gasteiger partial charge in [-0.15, -0.1) is 0 Å². The number of hydrogen-bond donors (Lipinski definition) is 0. The highest BCUT2D eigenvalue weighted by Crippen LogP contribution is 2.21. The molecule has 0 N–H and O–H groups in total. The predicted molar refractivity (Wildman–Crippen MR) is 164 cm³/mol. The number of esters is 3. The van der Waals surface area contributed by atoms with Crippen molar-refractivity contribution in [2.75, 3.05) is 60.0 Å². The summed E-state index contributed by atoms with van der Waals surface area (Å²) < 4.78 is 42.9. The molecule has 45 heavy (non-hydrogen) atoms. The van der Waals surface area contributed by atoms with Crippen molar-refractivity contribution in [1.82, 2.24) is 0 Å². The highest BCUT2D eigenvalue weighted by molar-refractivity contribution is 5.92. The zero-order valence-corrected chi connectivity index (χ0v) is 25.9. The van der Waals surface area contributed by atoms with Gasteiger partial charge in [-0.3, -0.25) is 4.79 Å². The van der Waals surface area contributed by atoms with Crippen LogP contribution in [0.2, 0.25) is 0 Å². The number of methoxy groups -OCH3 is 1. The Morgan fingerprint density at radius 2 is 0.956 bits per heavy atom. The van der Waals surface area contributed by atoms with E-state index in [1.54, 1.807) is 79.9 Å². The summed E-state index contributed by atoms with van der Waals surface area (Å²) in [4.78, 5) is 36.4. The van der Waals surface area contributed by atoms with Gasteiger partial charge in [0.05, 0.1) is 63.8 Å². The molecule has 0 radical (unpaired) electrons. The summed E-state index contributed by atoms with van der Waals surface area (Å²) in [7, 11) is 1.55. The van der Waals surface area contributed by atoms with Gasteiger partial charge in [-0.25, -0.2) is 9.59 Å². The quantitative estimate of drug-likeness (QED) is 0.0941. The van der Waals surface area contributed by atoms with Crippen LogP contribution >= 0.6 is 0 Å². The number of carbonyl (C=O) groups is 3. The van der Waals surface area contributed by atoms with Crippen LogP contribution in [0.25, 0.3) is 0 Å². The Morgan fingerprint density at radius 3 is 1.40 bits per heavy atom. The molecule has 3 rings (SSSR count). The molecule has 1 atom stereocenters. The van der Waals surface area contributed by atoms with Crippen LogP contribution in [0.3, 0.4) is 0 Å². The minimum absolute atomic E-state index is 0.0954. The van der Waals surface area contributed by atoms with Crippen LogP contribution in [0.5, 0.6) is 23.0 Å². The van der Waals surface area contributed by atoms with E-state index < -0.39 is 11.9 Å². The first-order valence-corrected chi connectivity index (χ1v) is 14.7. The summed E-state index contributed by atoms with van der Waals surface area (Å²) in [6.07, 6.45) is 0.752. The number of rotatable bonds is 20. The van der Waals surface area contributed by atoms with Crippen molar-refractivity contribution in [1.29, 1.82) is 0 Å². The van der Waals surface area contributed by atoms with Gasteiger partial charge in [0, 0.05) is 0 Å². The SMILES string of the molecule is CCC(C)C(=O)OCCOCCOCCOCCOc1ccc(C(=O)Oc2ccc(OC(=O)c3ccc(OC)cc3)cc2)cc1. The first kappa shape index (κ1) is 35.0. The van der Waals surface area contributed by atoms with Crippen LogP contribution in [0, 0.1) is 5.92 Å². The summed E-state index contributed by atoms with van der Waals surface area (Å²) >= 11 is 0. The lowest BCUT2D eigenvalue weighted by Crippen LogP contribution is -2.18. The van der Waals surface area contributed by atoms with Gasteiger partial charge in [0.2, 0.25) is 0 Å². The molecule has 0 fully saturated rings. The summed E-state index contributed by atoms with van der Waals surface area (Å²) in [5.41, 5.74) is 0.729. The Bertz CT molecular complexity index is 1310. The standard InChI is InChI=1S/C34H40O11/c1-4-25(2)32(35)43-24-22-41-20-18-39-17-19-40-21-23-42-29-11-7-27(8-12-29)34(37)45-31-15-13-30(14-16-31)44-33(36)26-5-9-28(38-3)10-6-26/h5-16,25H,4,17-24H2,1-3H3. The summed E-state index contributed by atoms with van der Waals surface area (Å²) in [5.74, 6) is 0.485. The molecule has 3 aromatic carbocycles. The third-order valence-corrected chi connectivity index (χ3v) is 6.39. The van der Waals surface area contributed by atoms with Crippen molar-refractivity contribution >= 4 is 17.9 Å². The third kappa shape index (κ3) is 13.0. The molecule has 0 aliphatic rings. The first-order chi connectivity index (χ1) is 21.9. The van der Waals surface area contributed by atoms with Gasteiger partial charge in [-0.1, -0.05) is 13.8 Å². The van der Waals surface area contributed by atoms with Crippen LogP contribution in [0.1, 0.15) is 41.0 Å². The summed E-state index contributed by atoms with van der Waals surface area (Å²) in [5, 5.41) is 0. The smallest absolute Gasteiger partial charge is 0.343 e. The van der Waals surface area contributed by atoms with Crippen molar-refractivity contribution in [2.24, 2.45) is 5.92 Å². The zero-order chi connectivity index (χ0) is 32.3. The summed E-state index contributed by atoms with van der Waals surface area (Å²) in [6.45, 7) is 6.70. The molecule has 0 aromatic heterocycles. The van der Waals surface area contributed by atoms with Gasteiger partial charge in [0.15, 0.2) is 0 Å². The van der Waals surface area contributed by atoms with E-state index in [9.17, 15) is 14.4 Å². The number of benzene rings is 3. The Hall–Kier alpha value is -4.45. The Balaban J connectivity index is 1.24. The summed E-state index contributed by atoms with van der Waals surface area (Å²) in [6, 6.07) is 19.3. The van der Waals surface area contributed by atoms with Gasteiger partial charge in [-0.05, 0) is 79.2 Å². The Labute approximate surface area is 263 Å². The van der Waals surface area contributed by atoms with Crippen molar-refractivity contribution in [3.05, 3.63) is 83.9 Å². The molecule has 1 unspecified atom stereocenters. The van der Waals surface area contributed by atoms with Gasteiger partial charge in [-0.2, -0.15) is 0 Å². The van der Waals surface area contributed by atoms with Gasteiger partial charge >= 0.3 is 17.9 Å². The maximum atomic E-state index is 12.5. The average Bonchev–Trinajstić information content (AvgIpc) is 3.07. The Morgan fingerprint density at radius 1 is 0.556 bits per heavy atom. The molecule has 0 saturated heterocycles. The van der Waals surface area contributed by atoms with Gasteiger partial charge in [0.1, 0.15) is 36.2 Å². The fourth-order valence-electron chi connectivity index (χ4n) is 3.59. The molecule has 0 bridgehead atoms. The van der Waals surface area contributed by atoms with Crippen LogP contribution in [0.15, 0.2) is 72.8 Å². The van der Waals surface area contributed by atoms with Crippen molar-refractivity contribution in [2.45, 2.75) is 20.3 Å². The van der Waals surface area contributed by atoms with Crippen LogP contribution < -0.4 is 18.9 Å². The second kappa shape index (κ2) is 19.8. The molecule has 242 valence electrons. The van der Waals surface area contributed by atoms with Crippen LogP contribution in [0.4, 0.5) is 0 Å². The lowest BCUT2D eigenvalue weighted by Gasteiger charge is -2.10. The van der Waals surface area contributed by atoms with Crippen molar-refractivity contribution in [3.8, 4) is 23.0 Å². The maximum Gasteiger partial charge on any atom is 0.343 e. The van der Waals surface area contributed by atoms with E-state index in [1.807, 2.05) is 13.8 Å². The largest absolute Gasteiger partial charge is 0.497 e. The molecular weight excluding hydrogens is 584 g/mol. The predicted octanol–water partition coefficient (Wildman–Crippen LogP) is 5.15. The van der Waals surface area contributed by atoms with E-state index in [-0.39, 0.29) is 18.5 Å². The molecule has 0 heterocycles. The molecule has 0 aliphatic carbocycles. The maximum absolute atomic E-state index is 12.5. The molecule has 11 nitrogen and oxygen atoms in total. The lowest BCUT2D eigenvalue weighted by molar-refractivity contribution is -0.149. The second-order valence-corrected chi connectivity index (χ2v) is 9.67. The van der Waals surface area contributed by atoms with Crippen LogP contribution in [-0.4, -0.2) is 77.9 Å². The highest BCUT2D eigenvalue weighted by Gasteiger charge is 2.12. The minimum Gasteiger partial charge on any atom is -0.497 e. The fourth-order valence-corrected chi connectivity index (χ4v) is 3.59.